The zero-order chi connectivity index (χ0) is 6.08. The van der Waals surface area contributed by atoms with Crippen molar-refractivity contribution in [2.45, 2.75) is 19.1 Å². The van der Waals surface area contributed by atoms with Gasteiger partial charge < -0.3 is 0 Å². The highest BCUT2D eigenvalue weighted by atomic mass is 35.5. The van der Waals surface area contributed by atoms with Gasteiger partial charge in [0.1, 0.15) is 0 Å². The number of halogens is 4. The van der Waals surface area contributed by atoms with Crippen LogP contribution in [0.15, 0.2) is 0 Å². The summed E-state index contributed by atoms with van der Waals surface area (Å²) in [6, 6.07) is 0. The SMILES string of the molecule is CC(N)(F)C(F)F.Cl. The molecule has 0 aromatic carbocycles. The lowest BCUT2D eigenvalue weighted by molar-refractivity contribution is -0.0176. The molecule has 0 aliphatic heterocycles. The maximum absolute atomic E-state index is 11.5. The second-order valence-electron chi connectivity index (χ2n) is 1.45. The average Bonchev–Trinajstić information content (AvgIpc) is 1.31. The summed E-state index contributed by atoms with van der Waals surface area (Å²) in [6.45, 7) is 0.623. The van der Waals surface area contributed by atoms with E-state index in [4.69, 9.17) is 0 Å². The third kappa shape index (κ3) is 4.21. The minimum absolute atomic E-state index is 0. The highest BCUT2D eigenvalue weighted by molar-refractivity contribution is 5.85. The smallest absolute Gasteiger partial charge is 0.284 e. The summed E-state index contributed by atoms with van der Waals surface area (Å²) in [6.07, 6.45) is -3.09. The molecule has 1 atom stereocenters. The Morgan fingerprint density at radius 3 is 1.62 bits per heavy atom. The number of hydrogen-bond acceptors (Lipinski definition) is 1. The van der Waals surface area contributed by atoms with Crippen molar-refractivity contribution in [1.82, 2.24) is 0 Å². The molecule has 0 aliphatic carbocycles. The maximum atomic E-state index is 11.5. The van der Waals surface area contributed by atoms with Gasteiger partial charge in [-0.1, -0.05) is 0 Å². The monoisotopic (exact) mass is 149 g/mol. The predicted octanol–water partition coefficient (Wildman–Crippen LogP) is 1.32. The van der Waals surface area contributed by atoms with Crippen LogP contribution in [-0.2, 0) is 0 Å². The van der Waals surface area contributed by atoms with Crippen LogP contribution in [0.2, 0.25) is 0 Å². The largest absolute Gasteiger partial charge is 0.295 e. The minimum atomic E-state index is -3.09. The first kappa shape index (κ1) is 10.9. The van der Waals surface area contributed by atoms with Crippen molar-refractivity contribution < 1.29 is 13.2 Å². The van der Waals surface area contributed by atoms with E-state index >= 15 is 0 Å². The molecule has 52 valence electrons. The van der Waals surface area contributed by atoms with Gasteiger partial charge in [0.2, 0.25) is 5.79 Å². The fraction of sp³-hybridized carbons (Fsp3) is 1.00. The molecule has 0 saturated heterocycles. The molecule has 0 aromatic heterocycles. The van der Waals surface area contributed by atoms with E-state index in [0.29, 0.717) is 6.92 Å². The fourth-order valence-corrected chi connectivity index (χ4v) is 0. The highest BCUT2D eigenvalue weighted by Gasteiger charge is 2.28. The Morgan fingerprint density at radius 2 is 1.62 bits per heavy atom. The molecule has 0 aliphatic rings. The maximum Gasteiger partial charge on any atom is 0.284 e. The first-order chi connectivity index (χ1) is 2.94. The fourth-order valence-electron chi connectivity index (χ4n) is 0. The summed E-state index contributed by atoms with van der Waals surface area (Å²) in [5, 5.41) is 0. The van der Waals surface area contributed by atoms with E-state index < -0.39 is 12.2 Å². The second-order valence-corrected chi connectivity index (χ2v) is 1.45. The molecule has 1 unspecified atom stereocenters. The van der Waals surface area contributed by atoms with Crippen molar-refractivity contribution in [2.75, 3.05) is 0 Å². The zero-order valence-corrected chi connectivity index (χ0v) is 5.01. The number of nitrogens with two attached hydrogens (primary N) is 1. The van der Waals surface area contributed by atoms with Gasteiger partial charge in [-0.05, 0) is 6.92 Å². The van der Waals surface area contributed by atoms with Gasteiger partial charge in [-0.25, -0.2) is 13.2 Å². The first-order valence-electron chi connectivity index (χ1n) is 1.70. The van der Waals surface area contributed by atoms with E-state index in [1.807, 2.05) is 0 Å². The summed E-state index contributed by atoms with van der Waals surface area (Å²) < 4.78 is 33.6. The number of hydrogen-bond donors (Lipinski definition) is 1. The van der Waals surface area contributed by atoms with Crippen LogP contribution in [0, 0.1) is 0 Å². The molecule has 0 aromatic rings. The Morgan fingerprint density at radius 1 is 1.50 bits per heavy atom. The third-order valence-electron chi connectivity index (χ3n) is 0.427. The molecule has 5 heteroatoms. The molecular weight excluding hydrogens is 142 g/mol. The summed E-state index contributed by atoms with van der Waals surface area (Å²) >= 11 is 0. The quantitative estimate of drug-likeness (QED) is 0.559. The summed E-state index contributed by atoms with van der Waals surface area (Å²) in [7, 11) is 0. The van der Waals surface area contributed by atoms with Crippen LogP contribution in [0.1, 0.15) is 6.92 Å². The van der Waals surface area contributed by atoms with Crippen molar-refractivity contribution in [1.29, 1.82) is 0 Å². The summed E-state index contributed by atoms with van der Waals surface area (Å²) in [5.41, 5.74) is 4.26. The van der Waals surface area contributed by atoms with Crippen molar-refractivity contribution in [3.05, 3.63) is 0 Å². The molecule has 0 spiro atoms. The topological polar surface area (TPSA) is 26.0 Å². The van der Waals surface area contributed by atoms with Crippen LogP contribution in [0.4, 0.5) is 13.2 Å². The molecule has 0 radical (unpaired) electrons. The van der Waals surface area contributed by atoms with Gasteiger partial charge in [0.25, 0.3) is 6.43 Å². The van der Waals surface area contributed by atoms with E-state index in [2.05, 4.69) is 5.73 Å². The van der Waals surface area contributed by atoms with E-state index in [-0.39, 0.29) is 12.4 Å². The molecule has 0 fully saturated rings. The van der Waals surface area contributed by atoms with Crippen LogP contribution in [0.3, 0.4) is 0 Å². The predicted molar refractivity (Wildman–Crippen MR) is 27.0 cm³/mol. The Hall–Kier alpha value is 0.0400. The van der Waals surface area contributed by atoms with E-state index in [9.17, 15) is 13.2 Å². The Labute approximate surface area is 51.5 Å². The van der Waals surface area contributed by atoms with E-state index in [1.54, 1.807) is 0 Å². The molecule has 2 N–H and O–H groups in total. The molecule has 1 nitrogen and oxygen atoms in total. The summed E-state index contributed by atoms with van der Waals surface area (Å²) in [5.74, 6) is -2.83. The van der Waals surface area contributed by atoms with Gasteiger partial charge in [-0.2, -0.15) is 0 Å². The van der Waals surface area contributed by atoms with Crippen LogP contribution in [-0.4, -0.2) is 12.2 Å². The van der Waals surface area contributed by atoms with Crippen molar-refractivity contribution in [3.63, 3.8) is 0 Å². The molecule has 8 heavy (non-hydrogen) atoms. The lowest BCUT2D eigenvalue weighted by atomic mass is 10.3. The molecule has 0 heterocycles. The standard InChI is InChI=1S/C3H6F3N.ClH/c1-3(6,7)2(4)5;/h2H,7H2,1H3;1H. The van der Waals surface area contributed by atoms with Gasteiger partial charge in [0.05, 0.1) is 0 Å². The van der Waals surface area contributed by atoms with Gasteiger partial charge in [-0.3, -0.25) is 5.73 Å². The second kappa shape index (κ2) is 3.14. The average molecular weight is 150 g/mol. The van der Waals surface area contributed by atoms with Crippen LogP contribution < -0.4 is 5.73 Å². The molecular formula is C3H7ClF3N. The first-order valence-corrected chi connectivity index (χ1v) is 1.70. The lowest BCUT2D eigenvalue weighted by Crippen LogP contribution is -2.38. The molecule has 0 bridgehead atoms. The normalized spacial score (nSPS) is 17.2. The van der Waals surface area contributed by atoms with Crippen LogP contribution in [0.25, 0.3) is 0 Å². The van der Waals surface area contributed by atoms with Crippen LogP contribution >= 0.6 is 12.4 Å². The minimum Gasteiger partial charge on any atom is -0.295 e. The lowest BCUT2D eigenvalue weighted by Gasteiger charge is -2.10. The Bertz CT molecular complexity index is 60.0. The number of alkyl halides is 3. The van der Waals surface area contributed by atoms with Gasteiger partial charge in [-0.15, -0.1) is 12.4 Å². The van der Waals surface area contributed by atoms with Crippen LogP contribution in [0.5, 0.6) is 0 Å². The Kier molecular flexibility index (Phi) is 4.29. The van der Waals surface area contributed by atoms with Gasteiger partial charge >= 0.3 is 0 Å². The Balaban J connectivity index is 0. The molecule has 0 rings (SSSR count). The number of rotatable bonds is 1. The molecule has 0 saturated carbocycles. The van der Waals surface area contributed by atoms with E-state index in [1.165, 1.54) is 0 Å². The molecule has 0 amide bonds. The van der Waals surface area contributed by atoms with Gasteiger partial charge in [0.15, 0.2) is 0 Å². The van der Waals surface area contributed by atoms with Crippen molar-refractivity contribution in [2.24, 2.45) is 5.73 Å². The van der Waals surface area contributed by atoms with Crippen molar-refractivity contribution in [3.8, 4) is 0 Å². The summed E-state index contributed by atoms with van der Waals surface area (Å²) in [4.78, 5) is 0. The zero-order valence-electron chi connectivity index (χ0n) is 4.20. The third-order valence-corrected chi connectivity index (χ3v) is 0.427. The van der Waals surface area contributed by atoms with Crippen molar-refractivity contribution >= 4 is 12.4 Å². The highest BCUT2D eigenvalue weighted by Crippen LogP contribution is 2.11. The van der Waals surface area contributed by atoms with Gasteiger partial charge in [0, 0.05) is 0 Å². The van der Waals surface area contributed by atoms with E-state index in [0.717, 1.165) is 0 Å².